The van der Waals surface area contributed by atoms with Crippen molar-refractivity contribution in [1.82, 2.24) is 15.2 Å². The normalized spacial score (nSPS) is 11.9. The minimum atomic E-state index is -0.917. The molecule has 7 heteroatoms. The zero-order valence-electron chi connectivity index (χ0n) is 11.3. The number of aliphatic carboxylic acids is 1. The van der Waals surface area contributed by atoms with Gasteiger partial charge in [0, 0.05) is 19.0 Å². The molecule has 2 amide bonds. The predicted molar refractivity (Wildman–Crippen MR) is 73.3 cm³/mol. The Kier molecular flexibility index (Phi) is 5.75. The van der Waals surface area contributed by atoms with Crippen LogP contribution in [0.4, 0.5) is 4.79 Å². The van der Waals surface area contributed by atoms with Crippen LogP contribution in [-0.4, -0.2) is 40.6 Å². The van der Waals surface area contributed by atoms with Crippen LogP contribution < -0.4 is 5.32 Å². The third-order valence-electron chi connectivity index (χ3n) is 2.66. The molecule has 1 atom stereocenters. The van der Waals surface area contributed by atoms with E-state index < -0.39 is 5.97 Å². The summed E-state index contributed by atoms with van der Waals surface area (Å²) in [5, 5.41) is 14.3. The summed E-state index contributed by atoms with van der Waals surface area (Å²) >= 11 is 1.57. The summed E-state index contributed by atoms with van der Waals surface area (Å²) in [4.78, 5) is 28.0. The molecule has 1 aromatic heterocycles. The molecule has 0 saturated heterocycles. The summed E-state index contributed by atoms with van der Waals surface area (Å²) < 4.78 is 0. The van der Waals surface area contributed by atoms with Gasteiger partial charge in [0.05, 0.1) is 23.2 Å². The average molecular weight is 285 g/mol. The van der Waals surface area contributed by atoms with E-state index in [0.29, 0.717) is 0 Å². The van der Waals surface area contributed by atoms with E-state index in [9.17, 15) is 9.59 Å². The summed E-state index contributed by atoms with van der Waals surface area (Å²) in [5.41, 5.74) is 0.835. The zero-order chi connectivity index (χ0) is 14.4. The maximum atomic E-state index is 11.8. The molecule has 1 aromatic rings. The number of aromatic nitrogens is 1. The van der Waals surface area contributed by atoms with E-state index in [1.54, 1.807) is 18.4 Å². The Morgan fingerprint density at radius 2 is 2.26 bits per heavy atom. The fourth-order valence-corrected chi connectivity index (χ4v) is 2.26. The fourth-order valence-electron chi connectivity index (χ4n) is 1.42. The van der Waals surface area contributed by atoms with E-state index in [1.807, 2.05) is 19.2 Å². The second-order valence-corrected chi connectivity index (χ2v) is 5.20. The number of nitrogens with zero attached hydrogens (tertiary/aromatic N) is 2. The third kappa shape index (κ3) is 4.86. The Bertz CT molecular complexity index is 447. The van der Waals surface area contributed by atoms with Crippen LogP contribution in [0.5, 0.6) is 0 Å². The molecule has 106 valence electrons. The van der Waals surface area contributed by atoms with Gasteiger partial charge in [0.2, 0.25) is 0 Å². The lowest BCUT2D eigenvalue weighted by Gasteiger charge is -2.19. The molecule has 1 heterocycles. The molecule has 0 aliphatic heterocycles. The molecule has 19 heavy (non-hydrogen) atoms. The van der Waals surface area contributed by atoms with Crippen LogP contribution in [0.3, 0.4) is 0 Å². The number of carbonyl (C=O) groups is 2. The van der Waals surface area contributed by atoms with Gasteiger partial charge < -0.3 is 15.3 Å². The van der Waals surface area contributed by atoms with Crippen molar-refractivity contribution in [3.05, 3.63) is 16.1 Å². The molecule has 2 N–H and O–H groups in total. The zero-order valence-corrected chi connectivity index (χ0v) is 12.2. The standard InChI is InChI=1S/C12H19N3O3S/c1-4-10-14-9(7-19-10)8(2)13-12(18)15(3)6-5-11(16)17/h7-8H,4-6H2,1-3H3,(H,13,18)(H,16,17). The Hall–Kier alpha value is -1.63. The highest BCUT2D eigenvalue weighted by Crippen LogP contribution is 2.17. The monoisotopic (exact) mass is 285 g/mol. The maximum Gasteiger partial charge on any atom is 0.317 e. The molecule has 0 saturated carbocycles. The lowest BCUT2D eigenvalue weighted by molar-refractivity contribution is -0.137. The summed E-state index contributed by atoms with van der Waals surface area (Å²) in [7, 11) is 1.57. The number of aryl methyl sites for hydroxylation is 1. The van der Waals surface area contributed by atoms with Crippen molar-refractivity contribution in [2.24, 2.45) is 0 Å². The molecule has 1 unspecified atom stereocenters. The molecule has 0 fully saturated rings. The largest absolute Gasteiger partial charge is 0.481 e. The minimum absolute atomic E-state index is 0.0605. The number of carbonyl (C=O) groups excluding carboxylic acids is 1. The number of carboxylic acids is 1. The van der Waals surface area contributed by atoms with Gasteiger partial charge in [-0.15, -0.1) is 11.3 Å². The lowest BCUT2D eigenvalue weighted by Crippen LogP contribution is -2.39. The van der Waals surface area contributed by atoms with Crippen LogP contribution >= 0.6 is 11.3 Å². The number of carboxylic acid groups (broad SMARTS) is 1. The molecule has 1 rings (SSSR count). The number of rotatable bonds is 6. The molecular weight excluding hydrogens is 266 g/mol. The van der Waals surface area contributed by atoms with E-state index >= 15 is 0 Å². The number of amides is 2. The number of hydrogen-bond acceptors (Lipinski definition) is 4. The third-order valence-corrected chi connectivity index (χ3v) is 3.67. The Labute approximate surface area is 116 Å². The van der Waals surface area contributed by atoms with Gasteiger partial charge in [-0.25, -0.2) is 9.78 Å². The number of thiazole rings is 1. The average Bonchev–Trinajstić information content (AvgIpc) is 2.84. The molecular formula is C12H19N3O3S. The summed E-state index contributed by atoms with van der Waals surface area (Å²) in [5.74, 6) is -0.917. The van der Waals surface area contributed by atoms with Crippen molar-refractivity contribution in [2.75, 3.05) is 13.6 Å². The first-order valence-electron chi connectivity index (χ1n) is 6.11. The molecule has 0 bridgehead atoms. The van der Waals surface area contributed by atoms with Gasteiger partial charge in [-0.1, -0.05) is 6.92 Å². The number of nitrogens with one attached hydrogen (secondary N) is 1. The van der Waals surface area contributed by atoms with Gasteiger partial charge in [-0.05, 0) is 13.3 Å². The van der Waals surface area contributed by atoms with Crippen LogP contribution in [0.2, 0.25) is 0 Å². The van der Waals surface area contributed by atoms with Crippen LogP contribution in [-0.2, 0) is 11.2 Å². The minimum Gasteiger partial charge on any atom is -0.481 e. The van der Waals surface area contributed by atoms with E-state index in [-0.39, 0.29) is 25.0 Å². The summed E-state index contributed by atoms with van der Waals surface area (Å²) in [6.07, 6.45) is 0.818. The quantitative estimate of drug-likeness (QED) is 0.836. The smallest absolute Gasteiger partial charge is 0.317 e. The molecule has 0 radical (unpaired) electrons. The van der Waals surface area contributed by atoms with Crippen molar-refractivity contribution in [3.8, 4) is 0 Å². The van der Waals surface area contributed by atoms with Gasteiger partial charge in [0.1, 0.15) is 0 Å². The second-order valence-electron chi connectivity index (χ2n) is 4.26. The first-order valence-corrected chi connectivity index (χ1v) is 6.99. The van der Waals surface area contributed by atoms with Gasteiger partial charge >= 0.3 is 12.0 Å². The highest BCUT2D eigenvalue weighted by atomic mass is 32.1. The molecule has 0 aromatic carbocycles. The molecule has 0 spiro atoms. The van der Waals surface area contributed by atoms with Crippen LogP contribution in [0, 0.1) is 0 Å². The van der Waals surface area contributed by atoms with Gasteiger partial charge in [0.15, 0.2) is 0 Å². The maximum absolute atomic E-state index is 11.8. The van der Waals surface area contributed by atoms with Crippen molar-refractivity contribution in [1.29, 1.82) is 0 Å². The summed E-state index contributed by atoms with van der Waals surface area (Å²) in [6.45, 7) is 4.08. The highest BCUT2D eigenvalue weighted by molar-refractivity contribution is 7.09. The van der Waals surface area contributed by atoms with Gasteiger partial charge in [-0.2, -0.15) is 0 Å². The van der Waals surface area contributed by atoms with Crippen molar-refractivity contribution < 1.29 is 14.7 Å². The van der Waals surface area contributed by atoms with Crippen LogP contribution in [0.1, 0.15) is 37.0 Å². The van der Waals surface area contributed by atoms with Gasteiger partial charge in [0.25, 0.3) is 0 Å². The summed E-state index contributed by atoms with van der Waals surface area (Å²) in [6, 6.07) is -0.476. The number of hydrogen-bond donors (Lipinski definition) is 2. The molecule has 0 aliphatic carbocycles. The fraction of sp³-hybridized carbons (Fsp3) is 0.583. The Morgan fingerprint density at radius 1 is 1.58 bits per heavy atom. The molecule has 6 nitrogen and oxygen atoms in total. The first kappa shape index (κ1) is 15.4. The van der Waals surface area contributed by atoms with E-state index in [4.69, 9.17) is 5.11 Å². The number of urea groups is 1. The SMILES string of the molecule is CCc1nc(C(C)NC(=O)N(C)CCC(=O)O)cs1. The van der Waals surface area contributed by atoms with E-state index in [0.717, 1.165) is 17.1 Å². The highest BCUT2D eigenvalue weighted by Gasteiger charge is 2.15. The van der Waals surface area contributed by atoms with Crippen molar-refractivity contribution >= 4 is 23.3 Å². The van der Waals surface area contributed by atoms with Crippen molar-refractivity contribution in [2.45, 2.75) is 32.7 Å². The Morgan fingerprint density at radius 3 is 2.79 bits per heavy atom. The van der Waals surface area contributed by atoms with E-state index in [1.165, 1.54) is 4.90 Å². The van der Waals surface area contributed by atoms with Crippen LogP contribution in [0.25, 0.3) is 0 Å². The van der Waals surface area contributed by atoms with Crippen molar-refractivity contribution in [3.63, 3.8) is 0 Å². The van der Waals surface area contributed by atoms with Gasteiger partial charge in [-0.3, -0.25) is 4.79 Å². The molecule has 0 aliphatic rings. The van der Waals surface area contributed by atoms with E-state index in [2.05, 4.69) is 10.3 Å². The Balaban J connectivity index is 2.48. The second kappa shape index (κ2) is 7.08. The first-order chi connectivity index (χ1) is 8.93. The predicted octanol–water partition coefficient (Wildman–Crippen LogP) is 1.88. The topological polar surface area (TPSA) is 82.5 Å². The lowest BCUT2D eigenvalue weighted by atomic mass is 10.2. The van der Waals surface area contributed by atoms with Crippen LogP contribution in [0.15, 0.2) is 5.38 Å².